The van der Waals surface area contributed by atoms with Crippen LogP contribution < -0.4 is 5.32 Å². The van der Waals surface area contributed by atoms with Crippen molar-refractivity contribution < 1.29 is 9.90 Å². The lowest BCUT2D eigenvalue weighted by Crippen LogP contribution is -2.42. The number of benzene rings is 2. The molecule has 0 aromatic heterocycles. The molecular weight excluding hydrogens is 360 g/mol. The molecule has 0 saturated heterocycles. The van der Waals surface area contributed by atoms with E-state index in [1.54, 1.807) is 12.1 Å². The van der Waals surface area contributed by atoms with Crippen LogP contribution in [0, 0.1) is 0 Å². The summed E-state index contributed by atoms with van der Waals surface area (Å²) in [7, 11) is 3.97. The van der Waals surface area contributed by atoms with Crippen molar-refractivity contribution in [3.63, 3.8) is 0 Å². The van der Waals surface area contributed by atoms with Gasteiger partial charge in [0.05, 0.1) is 0 Å². The molecule has 0 saturated carbocycles. The highest BCUT2D eigenvalue weighted by atomic mass is 35.5. The number of halogens is 1. The van der Waals surface area contributed by atoms with E-state index in [1.165, 1.54) is 0 Å². The molecule has 0 heterocycles. The van der Waals surface area contributed by atoms with Crippen LogP contribution in [0.2, 0.25) is 5.02 Å². The van der Waals surface area contributed by atoms with Gasteiger partial charge in [0, 0.05) is 24.0 Å². The van der Waals surface area contributed by atoms with E-state index in [2.05, 4.69) is 36.2 Å². The number of rotatable bonds is 8. The quantitative estimate of drug-likeness (QED) is 0.718. The van der Waals surface area contributed by atoms with Crippen LogP contribution in [0.3, 0.4) is 0 Å². The normalized spacial score (nSPS) is 12.8. The Balaban J connectivity index is 1.96. The fourth-order valence-electron chi connectivity index (χ4n) is 3.08. The third-order valence-electron chi connectivity index (χ3n) is 4.92. The van der Waals surface area contributed by atoms with E-state index in [0.29, 0.717) is 24.4 Å². The first kappa shape index (κ1) is 21.3. The van der Waals surface area contributed by atoms with E-state index in [0.717, 1.165) is 11.1 Å². The molecule has 2 N–H and O–H groups in total. The molecule has 0 aliphatic rings. The first-order valence-corrected chi connectivity index (χ1v) is 9.53. The van der Waals surface area contributed by atoms with Crippen molar-refractivity contribution in [2.45, 2.75) is 38.1 Å². The summed E-state index contributed by atoms with van der Waals surface area (Å²) in [4.78, 5) is 14.6. The summed E-state index contributed by atoms with van der Waals surface area (Å²) in [6, 6.07) is 15.2. The monoisotopic (exact) mass is 388 g/mol. The Morgan fingerprint density at radius 2 is 1.85 bits per heavy atom. The smallest absolute Gasteiger partial charge is 0.220 e. The minimum Gasteiger partial charge on any atom is -0.508 e. The number of phenolic OH excluding ortho intramolecular Hbond substituents is 1. The molecule has 1 amide bonds. The van der Waals surface area contributed by atoms with E-state index in [9.17, 15) is 9.90 Å². The zero-order valence-electron chi connectivity index (χ0n) is 16.5. The maximum atomic E-state index is 12.5. The first-order valence-electron chi connectivity index (χ1n) is 9.15. The summed E-state index contributed by atoms with van der Waals surface area (Å²) in [6.45, 7) is 4.71. The van der Waals surface area contributed by atoms with Gasteiger partial charge in [-0.25, -0.2) is 0 Å². The number of amides is 1. The molecule has 2 aromatic rings. The van der Waals surface area contributed by atoms with Crippen molar-refractivity contribution in [2.24, 2.45) is 0 Å². The van der Waals surface area contributed by atoms with Gasteiger partial charge in [0.25, 0.3) is 0 Å². The number of nitrogens with one attached hydrogen (secondary N) is 1. The Morgan fingerprint density at radius 3 is 2.44 bits per heavy atom. The topological polar surface area (TPSA) is 52.6 Å². The highest BCUT2D eigenvalue weighted by molar-refractivity contribution is 6.31. The van der Waals surface area contributed by atoms with E-state index in [1.807, 2.05) is 38.4 Å². The van der Waals surface area contributed by atoms with E-state index >= 15 is 0 Å². The van der Waals surface area contributed by atoms with Crippen molar-refractivity contribution in [3.8, 4) is 5.75 Å². The van der Waals surface area contributed by atoms with Gasteiger partial charge in [-0.05, 0) is 49.2 Å². The average molecular weight is 389 g/mol. The van der Waals surface area contributed by atoms with Crippen LogP contribution >= 0.6 is 11.6 Å². The van der Waals surface area contributed by atoms with E-state index in [4.69, 9.17) is 11.6 Å². The predicted molar refractivity (Wildman–Crippen MR) is 111 cm³/mol. The lowest BCUT2D eigenvalue weighted by Gasteiger charge is -2.27. The molecule has 0 fully saturated rings. The van der Waals surface area contributed by atoms with Crippen LogP contribution in [0.25, 0.3) is 0 Å². The molecule has 0 bridgehead atoms. The van der Waals surface area contributed by atoms with Crippen LogP contribution in [-0.2, 0) is 16.6 Å². The summed E-state index contributed by atoms with van der Waals surface area (Å²) in [5.41, 5.74) is 1.88. The van der Waals surface area contributed by atoms with Gasteiger partial charge >= 0.3 is 0 Å². The van der Waals surface area contributed by atoms with Gasteiger partial charge in [-0.1, -0.05) is 61.8 Å². The first-order chi connectivity index (χ1) is 12.7. The fraction of sp³-hybridized carbons (Fsp3) is 0.409. The number of likely N-dealkylation sites (N-methyl/N-ethyl adjacent to an activating group) is 1. The molecule has 5 heteroatoms. The minimum absolute atomic E-state index is 0.0347. The van der Waals surface area contributed by atoms with Crippen LogP contribution in [0.5, 0.6) is 5.75 Å². The van der Waals surface area contributed by atoms with Crippen molar-refractivity contribution in [3.05, 3.63) is 64.7 Å². The Kier molecular flexibility index (Phi) is 7.28. The Labute approximate surface area is 167 Å². The van der Waals surface area contributed by atoms with Crippen LogP contribution in [0.15, 0.2) is 48.5 Å². The summed E-state index contributed by atoms with van der Waals surface area (Å²) in [6.07, 6.45) is 1.12. The van der Waals surface area contributed by atoms with Gasteiger partial charge < -0.3 is 15.3 Å². The second kappa shape index (κ2) is 9.25. The zero-order chi connectivity index (χ0) is 20.0. The van der Waals surface area contributed by atoms with Crippen molar-refractivity contribution in [1.29, 1.82) is 0 Å². The molecule has 2 aromatic carbocycles. The highest BCUT2D eigenvalue weighted by Gasteiger charge is 2.24. The van der Waals surface area contributed by atoms with Gasteiger partial charge in [-0.3, -0.25) is 4.79 Å². The predicted octanol–water partition coefficient (Wildman–Crippen LogP) is 4.00. The second-order valence-corrected chi connectivity index (χ2v) is 8.24. The minimum atomic E-state index is -0.223. The van der Waals surface area contributed by atoms with Gasteiger partial charge in [-0.15, -0.1) is 0 Å². The molecule has 2 rings (SSSR count). The Bertz CT molecular complexity index is 760. The lowest BCUT2D eigenvalue weighted by molar-refractivity contribution is -0.122. The van der Waals surface area contributed by atoms with Gasteiger partial charge in [-0.2, -0.15) is 0 Å². The van der Waals surface area contributed by atoms with Crippen molar-refractivity contribution >= 4 is 17.5 Å². The largest absolute Gasteiger partial charge is 0.508 e. The summed E-state index contributed by atoms with van der Waals surface area (Å²) >= 11 is 6.23. The fourth-order valence-corrected chi connectivity index (χ4v) is 3.33. The molecule has 0 unspecified atom stereocenters. The van der Waals surface area contributed by atoms with Gasteiger partial charge in [0.2, 0.25) is 5.91 Å². The molecule has 0 radical (unpaired) electrons. The van der Waals surface area contributed by atoms with Crippen molar-refractivity contribution in [1.82, 2.24) is 10.2 Å². The zero-order valence-corrected chi connectivity index (χ0v) is 17.3. The van der Waals surface area contributed by atoms with Gasteiger partial charge in [0.15, 0.2) is 0 Å². The molecule has 0 aliphatic heterocycles. The van der Waals surface area contributed by atoms with E-state index in [-0.39, 0.29) is 23.1 Å². The van der Waals surface area contributed by atoms with Gasteiger partial charge in [0.1, 0.15) is 5.75 Å². The molecular formula is C22H29ClN2O2. The van der Waals surface area contributed by atoms with Crippen molar-refractivity contribution in [2.75, 3.05) is 20.6 Å². The Morgan fingerprint density at radius 1 is 1.19 bits per heavy atom. The summed E-state index contributed by atoms with van der Waals surface area (Å²) in [5.74, 6) is 0.189. The maximum Gasteiger partial charge on any atom is 0.220 e. The number of carbonyl (C=O) groups is 1. The van der Waals surface area contributed by atoms with Crippen LogP contribution in [0.4, 0.5) is 0 Å². The SMILES string of the molecule is CN(C)[C@H](CNC(=O)CC(C)(C)c1ccccc1)Cc1ccc(O)cc1Cl. The summed E-state index contributed by atoms with van der Waals surface area (Å²) < 4.78 is 0. The third-order valence-corrected chi connectivity index (χ3v) is 5.27. The number of carbonyl (C=O) groups excluding carboxylic acids is 1. The molecule has 0 spiro atoms. The summed E-state index contributed by atoms with van der Waals surface area (Å²) in [5, 5.41) is 13.1. The number of nitrogens with zero attached hydrogens (tertiary/aromatic N) is 1. The van der Waals surface area contributed by atoms with Crippen LogP contribution in [0.1, 0.15) is 31.4 Å². The number of phenols is 1. The lowest BCUT2D eigenvalue weighted by atomic mass is 9.81. The number of hydrogen-bond acceptors (Lipinski definition) is 3. The molecule has 1 atom stereocenters. The number of aromatic hydroxyl groups is 1. The molecule has 4 nitrogen and oxygen atoms in total. The molecule has 146 valence electrons. The third kappa shape index (κ3) is 6.26. The second-order valence-electron chi connectivity index (χ2n) is 7.83. The maximum absolute atomic E-state index is 12.5. The van der Waals surface area contributed by atoms with Crippen LogP contribution in [-0.4, -0.2) is 42.6 Å². The molecule has 27 heavy (non-hydrogen) atoms. The number of hydrogen-bond donors (Lipinski definition) is 2. The van der Waals surface area contributed by atoms with E-state index < -0.39 is 0 Å². The highest BCUT2D eigenvalue weighted by Crippen LogP contribution is 2.27. The average Bonchev–Trinajstić information content (AvgIpc) is 2.60. The standard InChI is InChI=1S/C22H29ClN2O2/c1-22(2,17-8-6-5-7-9-17)14-21(27)24-15-18(25(3)4)12-16-10-11-19(26)13-20(16)23/h5-11,13,18,26H,12,14-15H2,1-4H3,(H,24,27)/t18-/m0/s1. The molecule has 0 aliphatic carbocycles. The Hall–Kier alpha value is -2.04.